The Hall–Kier alpha value is -1.48. The molecule has 0 fully saturated rings. The SMILES string of the molecule is C=C(CCN)c1ccc2c(c1)N(C)CCO2. The lowest BCUT2D eigenvalue weighted by Gasteiger charge is -2.28. The van der Waals surface area contributed by atoms with Crippen molar-refractivity contribution in [2.45, 2.75) is 6.42 Å². The van der Waals surface area contributed by atoms with Crippen LogP contribution >= 0.6 is 0 Å². The van der Waals surface area contributed by atoms with Gasteiger partial charge in [-0.25, -0.2) is 0 Å². The molecule has 0 saturated heterocycles. The Morgan fingerprint density at radius 1 is 1.56 bits per heavy atom. The number of benzene rings is 1. The van der Waals surface area contributed by atoms with Crippen molar-refractivity contribution in [1.82, 2.24) is 0 Å². The van der Waals surface area contributed by atoms with Gasteiger partial charge in [0.05, 0.1) is 12.2 Å². The number of ether oxygens (including phenoxy) is 1. The van der Waals surface area contributed by atoms with E-state index in [1.807, 2.05) is 6.07 Å². The number of hydrogen-bond acceptors (Lipinski definition) is 3. The van der Waals surface area contributed by atoms with Gasteiger partial charge in [-0.05, 0) is 36.2 Å². The lowest BCUT2D eigenvalue weighted by Crippen LogP contribution is -2.28. The fraction of sp³-hybridized carbons (Fsp3) is 0.385. The molecule has 0 saturated carbocycles. The number of anilines is 1. The van der Waals surface area contributed by atoms with E-state index < -0.39 is 0 Å². The molecule has 1 aromatic carbocycles. The molecular formula is C13H18N2O. The van der Waals surface area contributed by atoms with E-state index in [-0.39, 0.29) is 0 Å². The molecule has 86 valence electrons. The summed E-state index contributed by atoms with van der Waals surface area (Å²) in [6.45, 7) is 6.38. The predicted octanol–water partition coefficient (Wildman–Crippen LogP) is 1.88. The normalized spacial score (nSPS) is 14.2. The summed E-state index contributed by atoms with van der Waals surface area (Å²) < 4.78 is 5.59. The predicted molar refractivity (Wildman–Crippen MR) is 67.9 cm³/mol. The van der Waals surface area contributed by atoms with Gasteiger partial charge in [-0.15, -0.1) is 0 Å². The molecule has 1 aliphatic rings. The van der Waals surface area contributed by atoms with Crippen molar-refractivity contribution in [3.63, 3.8) is 0 Å². The Morgan fingerprint density at radius 3 is 3.12 bits per heavy atom. The molecule has 1 aromatic rings. The summed E-state index contributed by atoms with van der Waals surface area (Å²) in [4.78, 5) is 2.21. The molecule has 0 radical (unpaired) electrons. The largest absolute Gasteiger partial charge is 0.490 e. The van der Waals surface area contributed by atoms with E-state index in [0.29, 0.717) is 6.54 Å². The topological polar surface area (TPSA) is 38.5 Å². The molecule has 0 unspecified atom stereocenters. The second-order valence-corrected chi connectivity index (χ2v) is 4.09. The van der Waals surface area contributed by atoms with Crippen LogP contribution in [0.4, 0.5) is 5.69 Å². The summed E-state index contributed by atoms with van der Waals surface area (Å²) >= 11 is 0. The zero-order valence-corrected chi connectivity index (χ0v) is 9.70. The Balaban J connectivity index is 2.30. The van der Waals surface area contributed by atoms with Gasteiger partial charge in [0.15, 0.2) is 0 Å². The van der Waals surface area contributed by atoms with Crippen LogP contribution in [0.15, 0.2) is 24.8 Å². The lowest BCUT2D eigenvalue weighted by atomic mass is 10.0. The van der Waals surface area contributed by atoms with Crippen molar-refractivity contribution >= 4 is 11.3 Å². The van der Waals surface area contributed by atoms with Crippen LogP contribution in [0.3, 0.4) is 0 Å². The number of rotatable bonds is 3. The molecule has 0 spiro atoms. The Bertz CT molecular complexity index is 401. The average Bonchev–Trinajstić information content (AvgIpc) is 2.29. The number of hydrogen-bond donors (Lipinski definition) is 1. The first kappa shape index (κ1) is 11.0. The van der Waals surface area contributed by atoms with Crippen LogP contribution in [0, 0.1) is 0 Å². The zero-order chi connectivity index (χ0) is 11.5. The van der Waals surface area contributed by atoms with E-state index in [2.05, 4.69) is 30.7 Å². The maximum atomic E-state index is 5.59. The quantitative estimate of drug-likeness (QED) is 0.841. The highest BCUT2D eigenvalue weighted by molar-refractivity contribution is 5.71. The second-order valence-electron chi connectivity index (χ2n) is 4.09. The first-order chi connectivity index (χ1) is 7.72. The van der Waals surface area contributed by atoms with Crippen LogP contribution in [0.1, 0.15) is 12.0 Å². The molecule has 1 heterocycles. The van der Waals surface area contributed by atoms with Gasteiger partial charge < -0.3 is 15.4 Å². The van der Waals surface area contributed by atoms with E-state index in [9.17, 15) is 0 Å². The van der Waals surface area contributed by atoms with Gasteiger partial charge in [-0.3, -0.25) is 0 Å². The Kier molecular flexibility index (Phi) is 3.15. The number of fused-ring (bicyclic) bond motifs is 1. The molecule has 16 heavy (non-hydrogen) atoms. The molecule has 1 aliphatic heterocycles. The number of nitrogens with zero attached hydrogens (tertiary/aromatic N) is 1. The maximum Gasteiger partial charge on any atom is 0.142 e. The van der Waals surface area contributed by atoms with Gasteiger partial charge in [0, 0.05) is 7.05 Å². The van der Waals surface area contributed by atoms with Gasteiger partial charge in [0.25, 0.3) is 0 Å². The Morgan fingerprint density at radius 2 is 2.38 bits per heavy atom. The fourth-order valence-corrected chi connectivity index (χ4v) is 1.89. The molecule has 3 heteroatoms. The van der Waals surface area contributed by atoms with E-state index >= 15 is 0 Å². The van der Waals surface area contributed by atoms with Gasteiger partial charge in [-0.2, -0.15) is 0 Å². The monoisotopic (exact) mass is 218 g/mol. The van der Waals surface area contributed by atoms with Crippen molar-refractivity contribution in [2.24, 2.45) is 5.73 Å². The molecule has 0 aliphatic carbocycles. The molecule has 0 aromatic heterocycles. The number of nitrogens with two attached hydrogens (primary N) is 1. The summed E-state index contributed by atoms with van der Waals surface area (Å²) in [6, 6.07) is 6.20. The van der Waals surface area contributed by atoms with Crippen LogP contribution in [-0.4, -0.2) is 26.7 Å². The molecule has 2 rings (SSSR count). The fourth-order valence-electron chi connectivity index (χ4n) is 1.89. The van der Waals surface area contributed by atoms with Crippen molar-refractivity contribution < 1.29 is 4.74 Å². The summed E-state index contributed by atoms with van der Waals surface area (Å²) in [5.74, 6) is 0.957. The first-order valence-corrected chi connectivity index (χ1v) is 5.58. The number of likely N-dealkylation sites (N-methyl/N-ethyl adjacent to an activating group) is 1. The average molecular weight is 218 g/mol. The van der Waals surface area contributed by atoms with E-state index in [4.69, 9.17) is 10.5 Å². The minimum absolute atomic E-state index is 0.641. The van der Waals surface area contributed by atoms with Crippen LogP contribution in [-0.2, 0) is 0 Å². The zero-order valence-electron chi connectivity index (χ0n) is 9.70. The maximum absolute atomic E-state index is 5.59. The first-order valence-electron chi connectivity index (χ1n) is 5.58. The van der Waals surface area contributed by atoms with Crippen molar-refractivity contribution in [3.8, 4) is 5.75 Å². The Labute approximate surface area is 96.5 Å². The summed E-state index contributed by atoms with van der Waals surface area (Å²) in [5.41, 5.74) is 8.92. The third-order valence-corrected chi connectivity index (χ3v) is 2.91. The molecule has 0 amide bonds. The van der Waals surface area contributed by atoms with Crippen LogP contribution in [0.25, 0.3) is 5.57 Å². The highest BCUT2D eigenvalue weighted by atomic mass is 16.5. The summed E-state index contributed by atoms with van der Waals surface area (Å²) in [7, 11) is 2.08. The molecule has 0 atom stereocenters. The highest BCUT2D eigenvalue weighted by Gasteiger charge is 2.15. The van der Waals surface area contributed by atoms with Gasteiger partial charge in [0.2, 0.25) is 0 Å². The molecule has 0 bridgehead atoms. The van der Waals surface area contributed by atoms with Gasteiger partial charge in [-0.1, -0.05) is 12.6 Å². The molecule has 2 N–H and O–H groups in total. The lowest BCUT2D eigenvalue weighted by molar-refractivity contribution is 0.311. The minimum Gasteiger partial charge on any atom is -0.490 e. The third kappa shape index (κ3) is 2.04. The van der Waals surface area contributed by atoms with Crippen LogP contribution in [0.5, 0.6) is 5.75 Å². The smallest absolute Gasteiger partial charge is 0.142 e. The van der Waals surface area contributed by atoms with Crippen LogP contribution < -0.4 is 15.4 Å². The standard InChI is InChI=1S/C13H18N2O/c1-10(5-6-14)11-3-4-13-12(9-11)15(2)7-8-16-13/h3-4,9H,1,5-8,14H2,2H3. The van der Waals surface area contributed by atoms with Crippen molar-refractivity contribution in [3.05, 3.63) is 30.3 Å². The van der Waals surface area contributed by atoms with Crippen molar-refractivity contribution in [1.29, 1.82) is 0 Å². The second kappa shape index (κ2) is 4.58. The van der Waals surface area contributed by atoms with E-state index in [1.54, 1.807) is 0 Å². The van der Waals surface area contributed by atoms with E-state index in [0.717, 1.165) is 42.1 Å². The van der Waals surface area contributed by atoms with Crippen LogP contribution in [0.2, 0.25) is 0 Å². The van der Waals surface area contributed by atoms with Crippen molar-refractivity contribution in [2.75, 3.05) is 31.6 Å². The minimum atomic E-state index is 0.641. The molecular weight excluding hydrogens is 200 g/mol. The summed E-state index contributed by atoms with van der Waals surface area (Å²) in [6.07, 6.45) is 0.837. The van der Waals surface area contributed by atoms with Gasteiger partial charge >= 0.3 is 0 Å². The third-order valence-electron chi connectivity index (χ3n) is 2.91. The van der Waals surface area contributed by atoms with E-state index in [1.165, 1.54) is 0 Å². The van der Waals surface area contributed by atoms with Gasteiger partial charge in [0.1, 0.15) is 12.4 Å². The molecule has 3 nitrogen and oxygen atoms in total. The highest BCUT2D eigenvalue weighted by Crippen LogP contribution is 2.33. The summed E-state index contributed by atoms with van der Waals surface area (Å²) in [5, 5.41) is 0.